The first kappa shape index (κ1) is 33.3. The van der Waals surface area contributed by atoms with E-state index in [4.69, 9.17) is 27.9 Å². The Hall–Kier alpha value is -2.19. The predicted molar refractivity (Wildman–Crippen MR) is 187 cm³/mol. The Bertz CT molecular complexity index is 1700. The van der Waals surface area contributed by atoms with E-state index in [9.17, 15) is 24.3 Å². The average Bonchev–Trinajstić information content (AvgIpc) is 3.40. The number of fused-ring (bicyclic) bond motifs is 4. The van der Waals surface area contributed by atoms with Crippen molar-refractivity contribution in [2.45, 2.75) is 53.9 Å². The fourth-order valence-corrected chi connectivity index (χ4v) is 10.7. The number of amides is 4. The number of imide groups is 2. The molecule has 2 aromatic rings. The minimum Gasteiger partial charge on any atom is -0.504 e. The predicted octanol–water partition coefficient (Wildman–Crippen LogP) is 5.38. The lowest BCUT2D eigenvalue weighted by Crippen LogP contribution is -2.60. The molecule has 0 radical (unpaired) electrons. The number of hydrogen-bond donors (Lipinski definition) is 1. The van der Waals surface area contributed by atoms with Crippen LogP contribution in [-0.4, -0.2) is 84.9 Å². The second-order valence-corrected chi connectivity index (χ2v) is 16.0. The summed E-state index contributed by atoms with van der Waals surface area (Å²) in [5.41, 5.74) is 2.36. The van der Waals surface area contributed by atoms with Crippen LogP contribution < -0.4 is 4.74 Å². The average molecular weight is 857 g/mol. The first-order valence-electron chi connectivity index (χ1n) is 15.7. The number of methoxy groups -OCH3 is 1. The maximum atomic E-state index is 14.4. The van der Waals surface area contributed by atoms with Gasteiger partial charge in [0.15, 0.2) is 21.2 Å². The standard InChI is InChI=1S/C34H33BrCl2IN3O6/c1-47-25-14-19(13-24(38)28(25)42)27-21-7-8-22-26(23(21)15-33(36)31(45)40(17-35)32(46)34(27,33)37)30(44)41(29(22)43)20-9-11-39(12-10-20)16-18-5-3-2-4-6-18/h2-7,13-14,20,22-23,26-27,42H,8-12,15-17H2,1H3/t22-,23+,26-,27-,33+,34-/m0/s1. The highest BCUT2D eigenvalue weighted by Gasteiger charge is 2.76. The first-order chi connectivity index (χ1) is 22.5. The molecule has 13 heteroatoms. The molecule has 0 spiro atoms. The molecule has 0 aromatic heterocycles. The molecular weight excluding hydrogens is 824 g/mol. The van der Waals surface area contributed by atoms with Crippen LogP contribution in [0.2, 0.25) is 0 Å². The number of phenols is 1. The van der Waals surface area contributed by atoms with Crippen molar-refractivity contribution >= 4 is 85.4 Å². The van der Waals surface area contributed by atoms with E-state index in [0.717, 1.165) is 24.5 Å². The van der Waals surface area contributed by atoms with Gasteiger partial charge in [-0.15, -0.1) is 23.2 Å². The summed E-state index contributed by atoms with van der Waals surface area (Å²) in [5, 5.41) is 10.6. The van der Waals surface area contributed by atoms with Crippen LogP contribution in [0.1, 0.15) is 42.7 Å². The fourth-order valence-electron chi connectivity index (χ4n) is 8.60. The van der Waals surface area contributed by atoms with Crippen LogP contribution in [0.5, 0.6) is 11.5 Å². The van der Waals surface area contributed by atoms with Crippen molar-refractivity contribution in [1.82, 2.24) is 14.7 Å². The number of alkyl halides is 3. The summed E-state index contributed by atoms with van der Waals surface area (Å²) < 4.78 is 5.90. The van der Waals surface area contributed by atoms with Gasteiger partial charge in [0.05, 0.1) is 28.0 Å². The Kier molecular flexibility index (Phi) is 8.71. The number of rotatable bonds is 6. The number of carbonyl (C=O) groups is 4. The molecule has 47 heavy (non-hydrogen) atoms. The highest BCUT2D eigenvalue weighted by atomic mass is 127. The van der Waals surface area contributed by atoms with E-state index >= 15 is 0 Å². The third kappa shape index (κ3) is 4.92. The summed E-state index contributed by atoms with van der Waals surface area (Å²) in [4.78, 5) is 57.4. The second-order valence-electron chi connectivity index (χ2n) is 13.1. The normalized spacial score (nSPS) is 32.7. The van der Waals surface area contributed by atoms with Gasteiger partial charge in [0.2, 0.25) is 11.8 Å². The van der Waals surface area contributed by atoms with E-state index in [1.54, 1.807) is 12.1 Å². The molecule has 4 fully saturated rings. The van der Waals surface area contributed by atoms with Crippen molar-refractivity contribution < 1.29 is 29.0 Å². The summed E-state index contributed by atoms with van der Waals surface area (Å²) in [6.07, 6.45) is 3.53. The second kappa shape index (κ2) is 12.3. The topological polar surface area (TPSA) is 107 Å². The molecule has 0 unspecified atom stereocenters. The lowest BCUT2D eigenvalue weighted by Gasteiger charge is -2.50. The summed E-state index contributed by atoms with van der Waals surface area (Å²) in [6.45, 7) is 2.34. The van der Waals surface area contributed by atoms with Gasteiger partial charge in [-0.3, -0.25) is 33.9 Å². The van der Waals surface area contributed by atoms with Crippen molar-refractivity contribution in [3.8, 4) is 11.5 Å². The summed E-state index contributed by atoms with van der Waals surface area (Å²) in [5.74, 6) is -4.45. The number of aromatic hydroxyl groups is 1. The van der Waals surface area contributed by atoms with Gasteiger partial charge in [0.25, 0.3) is 11.8 Å². The number of nitrogens with zero attached hydrogens (tertiary/aromatic N) is 3. The quantitative estimate of drug-likeness (QED) is 0.137. The van der Waals surface area contributed by atoms with Crippen LogP contribution >= 0.6 is 61.7 Å². The zero-order valence-electron chi connectivity index (χ0n) is 25.5. The summed E-state index contributed by atoms with van der Waals surface area (Å²) in [6, 6.07) is 13.3. The Morgan fingerprint density at radius 1 is 1.02 bits per heavy atom. The molecule has 3 saturated heterocycles. The van der Waals surface area contributed by atoms with E-state index in [-0.39, 0.29) is 41.2 Å². The van der Waals surface area contributed by atoms with Gasteiger partial charge in [-0.1, -0.05) is 57.9 Å². The SMILES string of the molecule is COc1cc([C@H]2C3=CC[C@@H]4C(=O)N(C5CCN(Cc6ccccc6)CC5)C(=O)[C@@H]4[C@@H]3C[C@@]3(Cl)C(=O)N(CBr)C(=O)[C@@]23Cl)cc(I)c1O. The minimum absolute atomic E-state index is 0.0652. The number of allylic oxidation sites excluding steroid dienone is 2. The number of likely N-dealkylation sites (tertiary alicyclic amines) is 3. The molecule has 3 aliphatic heterocycles. The van der Waals surface area contributed by atoms with Crippen LogP contribution in [0.15, 0.2) is 54.1 Å². The number of halogens is 4. The number of benzene rings is 2. The van der Waals surface area contributed by atoms with E-state index in [2.05, 4.69) is 33.0 Å². The smallest absolute Gasteiger partial charge is 0.254 e. The maximum Gasteiger partial charge on any atom is 0.254 e. The van der Waals surface area contributed by atoms with Gasteiger partial charge in [-0.2, -0.15) is 0 Å². The third-order valence-electron chi connectivity index (χ3n) is 10.8. The Balaban J connectivity index is 1.24. The molecule has 6 atom stereocenters. The molecule has 1 N–H and O–H groups in total. The highest BCUT2D eigenvalue weighted by molar-refractivity contribution is 14.1. The maximum absolute atomic E-state index is 14.4. The number of phenolic OH excluding ortho intramolecular Hbond substituents is 1. The van der Waals surface area contributed by atoms with Crippen LogP contribution in [0.4, 0.5) is 0 Å². The molecule has 7 rings (SSSR count). The van der Waals surface area contributed by atoms with Crippen molar-refractivity contribution in [1.29, 1.82) is 0 Å². The van der Waals surface area contributed by atoms with Crippen LogP contribution in [0, 0.1) is 21.3 Å². The number of hydrogen-bond acceptors (Lipinski definition) is 7. The molecule has 0 bridgehead atoms. The van der Waals surface area contributed by atoms with Crippen LogP contribution in [0.3, 0.4) is 0 Å². The molecule has 248 valence electrons. The Morgan fingerprint density at radius 3 is 2.38 bits per heavy atom. The Labute approximate surface area is 304 Å². The van der Waals surface area contributed by atoms with E-state index in [1.807, 2.05) is 46.9 Å². The molecule has 9 nitrogen and oxygen atoms in total. The van der Waals surface area contributed by atoms with Gasteiger partial charge >= 0.3 is 0 Å². The summed E-state index contributed by atoms with van der Waals surface area (Å²) >= 11 is 19.9. The zero-order chi connectivity index (χ0) is 33.4. The molecule has 5 aliphatic rings. The van der Waals surface area contributed by atoms with Gasteiger partial charge in [0.1, 0.15) is 0 Å². The van der Waals surface area contributed by atoms with Crippen LogP contribution in [0.25, 0.3) is 0 Å². The monoisotopic (exact) mass is 855 g/mol. The van der Waals surface area contributed by atoms with E-state index in [0.29, 0.717) is 34.0 Å². The Morgan fingerprint density at radius 2 is 1.72 bits per heavy atom. The highest BCUT2D eigenvalue weighted by Crippen LogP contribution is 2.66. The largest absolute Gasteiger partial charge is 0.504 e. The molecule has 4 amide bonds. The molecule has 2 aromatic carbocycles. The van der Waals surface area contributed by atoms with Gasteiger partial charge in [-0.25, -0.2) is 0 Å². The first-order valence-corrected chi connectivity index (χ1v) is 18.6. The van der Waals surface area contributed by atoms with Crippen molar-refractivity contribution in [2.75, 3.05) is 25.7 Å². The molecule has 3 heterocycles. The van der Waals surface area contributed by atoms with Crippen molar-refractivity contribution in [2.24, 2.45) is 17.8 Å². The molecule has 2 aliphatic carbocycles. The number of carbonyl (C=O) groups excluding carboxylic acids is 4. The van der Waals surface area contributed by atoms with Crippen molar-refractivity contribution in [3.05, 3.63) is 68.8 Å². The number of ether oxygens (including phenoxy) is 1. The van der Waals surface area contributed by atoms with Gasteiger partial charge in [-0.05, 0) is 77.5 Å². The molecular formula is C34H33BrCl2IN3O6. The van der Waals surface area contributed by atoms with Crippen molar-refractivity contribution in [3.63, 3.8) is 0 Å². The van der Waals surface area contributed by atoms with Crippen LogP contribution in [-0.2, 0) is 25.7 Å². The van der Waals surface area contributed by atoms with Gasteiger partial charge in [0, 0.05) is 31.6 Å². The van der Waals surface area contributed by atoms with Gasteiger partial charge < -0.3 is 9.84 Å². The third-order valence-corrected chi connectivity index (χ3v) is 13.6. The lowest BCUT2D eigenvalue weighted by molar-refractivity contribution is -0.144. The fraction of sp³-hybridized carbons (Fsp3) is 0.471. The lowest BCUT2D eigenvalue weighted by atomic mass is 9.56. The zero-order valence-corrected chi connectivity index (χ0v) is 30.8. The summed E-state index contributed by atoms with van der Waals surface area (Å²) in [7, 11) is 1.42. The minimum atomic E-state index is -1.92. The van der Waals surface area contributed by atoms with E-state index < -0.39 is 45.2 Å². The van der Waals surface area contributed by atoms with E-state index in [1.165, 1.54) is 17.6 Å². The number of piperidine rings is 1. The molecule has 1 saturated carbocycles.